The first-order valence-corrected chi connectivity index (χ1v) is 7.75. The lowest BCUT2D eigenvalue weighted by Gasteiger charge is -2.30. The lowest BCUT2D eigenvalue weighted by atomic mass is 9.92. The van der Waals surface area contributed by atoms with Crippen LogP contribution in [0.4, 0.5) is 5.69 Å². The summed E-state index contributed by atoms with van der Waals surface area (Å²) in [4.78, 5) is 11.1. The summed E-state index contributed by atoms with van der Waals surface area (Å²) in [5.41, 5.74) is 2.06. The molecule has 0 spiro atoms. The molecule has 1 amide bonds. The summed E-state index contributed by atoms with van der Waals surface area (Å²) < 4.78 is 5.41. The van der Waals surface area contributed by atoms with Gasteiger partial charge in [0.25, 0.3) is 0 Å². The van der Waals surface area contributed by atoms with E-state index < -0.39 is 0 Å². The number of nitrogens with one attached hydrogen (secondary N) is 2. The van der Waals surface area contributed by atoms with Crippen molar-refractivity contribution in [2.75, 3.05) is 12.4 Å². The zero-order chi connectivity index (χ0) is 15.2. The molecule has 0 aliphatic heterocycles. The molecule has 1 unspecified atom stereocenters. The summed E-state index contributed by atoms with van der Waals surface area (Å²) in [6.45, 7) is 3.71. The minimum absolute atomic E-state index is 0.0364. The van der Waals surface area contributed by atoms with E-state index in [1.165, 1.54) is 12.5 Å². The van der Waals surface area contributed by atoms with E-state index in [0.717, 1.165) is 31.4 Å². The van der Waals surface area contributed by atoms with Gasteiger partial charge >= 0.3 is 0 Å². The summed E-state index contributed by atoms with van der Waals surface area (Å²) in [6, 6.07) is 8.88. The predicted molar refractivity (Wildman–Crippen MR) is 85.3 cm³/mol. The van der Waals surface area contributed by atoms with Crippen molar-refractivity contribution in [1.29, 1.82) is 0 Å². The van der Waals surface area contributed by atoms with Gasteiger partial charge in [-0.05, 0) is 50.3 Å². The molecule has 0 aromatic heterocycles. The summed E-state index contributed by atoms with van der Waals surface area (Å²) in [6.07, 6.45) is 5.02. The number of amides is 1. The Kier molecular flexibility index (Phi) is 5.76. The standard InChI is InChI=1S/C17H26N2O2/c1-12(18-15-7-9-17(21-3)10-8-15)14-5-4-6-16(11-14)19-13(2)20/h4-6,11-12,15,17-18H,7-10H2,1-3H3,(H,19,20). The number of carbonyl (C=O) groups excluding carboxylic acids is 1. The summed E-state index contributed by atoms with van der Waals surface area (Å²) in [7, 11) is 1.80. The Hall–Kier alpha value is -1.39. The summed E-state index contributed by atoms with van der Waals surface area (Å²) >= 11 is 0. The SMILES string of the molecule is COC1CCC(NC(C)c2cccc(NC(C)=O)c2)CC1. The second-order valence-corrected chi connectivity index (χ2v) is 5.90. The Morgan fingerprint density at radius 3 is 2.62 bits per heavy atom. The van der Waals surface area contributed by atoms with Crippen molar-refractivity contribution < 1.29 is 9.53 Å². The first-order chi connectivity index (χ1) is 10.1. The Balaban J connectivity index is 1.91. The third-order valence-corrected chi connectivity index (χ3v) is 4.20. The van der Waals surface area contributed by atoms with Crippen LogP contribution in [-0.2, 0) is 9.53 Å². The summed E-state index contributed by atoms with van der Waals surface area (Å²) in [5.74, 6) is -0.0364. The molecule has 4 nitrogen and oxygen atoms in total. The molecule has 0 heterocycles. The molecule has 1 aromatic rings. The van der Waals surface area contributed by atoms with Gasteiger partial charge in [0.05, 0.1) is 6.10 Å². The molecule has 21 heavy (non-hydrogen) atoms. The molecule has 0 saturated heterocycles. The highest BCUT2D eigenvalue weighted by molar-refractivity contribution is 5.88. The van der Waals surface area contributed by atoms with E-state index in [9.17, 15) is 4.79 Å². The van der Waals surface area contributed by atoms with Gasteiger partial charge in [0.15, 0.2) is 0 Å². The average Bonchev–Trinajstić information content (AvgIpc) is 2.47. The monoisotopic (exact) mass is 290 g/mol. The molecule has 1 aromatic carbocycles. The molecular formula is C17H26N2O2. The fourth-order valence-corrected chi connectivity index (χ4v) is 3.00. The van der Waals surface area contributed by atoms with Crippen LogP contribution in [0.5, 0.6) is 0 Å². The van der Waals surface area contributed by atoms with E-state index in [2.05, 4.69) is 23.6 Å². The number of methoxy groups -OCH3 is 1. The van der Waals surface area contributed by atoms with Crippen molar-refractivity contribution in [2.45, 2.75) is 57.7 Å². The van der Waals surface area contributed by atoms with Crippen molar-refractivity contribution >= 4 is 11.6 Å². The zero-order valence-corrected chi connectivity index (χ0v) is 13.2. The molecule has 2 rings (SSSR count). The minimum Gasteiger partial charge on any atom is -0.381 e. The Morgan fingerprint density at radius 1 is 1.29 bits per heavy atom. The lowest BCUT2D eigenvalue weighted by molar-refractivity contribution is -0.114. The third-order valence-electron chi connectivity index (χ3n) is 4.20. The van der Waals surface area contributed by atoms with Gasteiger partial charge in [-0.1, -0.05) is 12.1 Å². The highest BCUT2D eigenvalue weighted by atomic mass is 16.5. The van der Waals surface area contributed by atoms with Crippen molar-refractivity contribution in [3.8, 4) is 0 Å². The van der Waals surface area contributed by atoms with Gasteiger partial charge in [0, 0.05) is 31.8 Å². The van der Waals surface area contributed by atoms with Crippen molar-refractivity contribution in [1.82, 2.24) is 5.32 Å². The van der Waals surface area contributed by atoms with E-state index in [4.69, 9.17) is 4.74 Å². The fraction of sp³-hybridized carbons (Fsp3) is 0.588. The first-order valence-electron chi connectivity index (χ1n) is 7.75. The van der Waals surface area contributed by atoms with Gasteiger partial charge < -0.3 is 15.4 Å². The third kappa shape index (κ3) is 4.83. The van der Waals surface area contributed by atoms with Gasteiger partial charge in [-0.3, -0.25) is 4.79 Å². The molecule has 4 heteroatoms. The maximum absolute atomic E-state index is 11.1. The zero-order valence-electron chi connectivity index (χ0n) is 13.2. The number of anilines is 1. The van der Waals surface area contributed by atoms with E-state index in [1.54, 1.807) is 7.11 Å². The molecule has 1 saturated carbocycles. The van der Waals surface area contributed by atoms with Crippen molar-refractivity contribution in [3.05, 3.63) is 29.8 Å². The number of ether oxygens (including phenoxy) is 1. The van der Waals surface area contributed by atoms with E-state index in [1.807, 2.05) is 18.2 Å². The van der Waals surface area contributed by atoms with Crippen LogP contribution in [0.3, 0.4) is 0 Å². The Bertz CT molecular complexity index is 468. The van der Waals surface area contributed by atoms with Crippen molar-refractivity contribution in [2.24, 2.45) is 0 Å². The van der Waals surface area contributed by atoms with Crippen LogP contribution >= 0.6 is 0 Å². The highest BCUT2D eigenvalue weighted by Gasteiger charge is 2.22. The van der Waals surface area contributed by atoms with E-state index in [0.29, 0.717) is 12.1 Å². The number of benzene rings is 1. The number of hydrogen-bond donors (Lipinski definition) is 2. The van der Waals surface area contributed by atoms with Crippen LogP contribution in [0.25, 0.3) is 0 Å². The number of carbonyl (C=O) groups is 1. The second kappa shape index (κ2) is 7.57. The van der Waals surface area contributed by atoms with E-state index in [-0.39, 0.29) is 11.9 Å². The molecule has 1 fully saturated rings. The predicted octanol–water partition coefficient (Wildman–Crippen LogP) is 3.25. The van der Waals surface area contributed by atoms with Gasteiger partial charge in [-0.25, -0.2) is 0 Å². The van der Waals surface area contributed by atoms with E-state index >= 15 is 0 Å². The second-order valence-electron chi connectivity index (χ2n) is 5.90. The average molecular weight is 290 g/mol. The molecule has 0 bridgehead atoms. The fourth-order valence-electron chi connectivity index (χ4n) is 3.00. The first kappa shape index (κ1) is 16.0. The Labute approximate surface area is 127 Å². The molecule has 1 aliphatic carbocycles. The smallest absolute Gasteiger partial charge is 0.221 e. The van der Waals surface area contributed by atoms with Gasteiger partial charge in [-0.15, -0.1) is 0 Å². The van der Waals surface area contributed by atoms with Crippen LogP contribution in [0, 0.1) is 0 Å². The van der Waals surface area contributed by atoms with Crippen LogP contribution in [-0.4, -0.2) is 25.2 Å². The van der Waals surface area contributed by atoms with Gasteiger partial charge in [0.2, 0.25) is 5.91 Å². The molecular weight excluding hydrogens is 264 g/mol. The molecule has 1 aliphatic rings. The molecule has 116 valence electrons. The topological polar surface area (TPSA) is 50.4 Å². The largest absolute Gasteiger partial charge is 0.381 e. The van der Waals surface area contributed by atoms with Crippen LogP contribution in [0.2, 0.25) is 0 Å². The Morgan fingerprint density at radius 2 is 2.00 bits per heavy atom. The van der Waals surface area contributed by atoms with Gasteiger partial charge in [-0.2, -0.15) is 0 Å². The maximum Gasteiger partial charge on any atom is 0.221 e. The quantitative estimate of drug-likeness (QED) is 0.875. The van der Waals surface area contributed by atoms with Gasteiger partial charge in [0.1, 0.15) is 0 Å². The molecule has 2 N–H and O–H groups in total. The van der Waals surface area contributed by atoms with Crippen LogP contribution in [0.1, 0.15) is 51.1 Å². The maximum atomic E-state index is 11.1. The number of rotatable bonds is 5. The normalized spacial score (nSPS) is 23.6. The van der Waals surface area contributed by atoms with Crippen LogP contribution in [0.15, 0.2) is 24.3 Å². The number of hydrogen-bond acceptors (Lipinski definition) is 3. The van der Waals surface area contributed by atoms with Crippen molar-refractivity contribution in [3.63, 3.8) is 0 Å². The van der Waals surface area contributed by atoms with Crippen LogP contribution < -0.4 is 10.6 Å². The molecule has 1 atom stereocenters. The lowest BCUT2D eigenvalue weighted by Crippen LogP contribution is -2.36. The summed E-state index contributed by atoms with van der Waals surface area (Å²) in [5, 5.41) is 6.53. The minimum atomic E-state index is -0.0364. The highest BCUT2D eigenvalue weighted by Crippen LogP contribution is 2.24. The molecule has 0 radical (unpaired) electrons.